The smallest absolute Gasteiger partial charge is 0.251 e. The minimum Gasteiger partial charge on any atom is -0.351 e. The maximum Gasteiger partial charge on any atom is 0.251 e. The summed E-state index contributed by atoms with van der Waals surface area (Å²) in [6, 6.07) is 13.3. The van der Waals surface area contributed by atoms with Crippen molar-refractivity contribution < 1.29 is 17.6 Å². The van der Waals surface area contributed by atoms with Gasteiger partial charge in [-0.25, -0.2) is 17.5 Å². The summed E-state index contributed by atoms with van der Waals surface area (Å²) in [5.41, 5.74) is 0.496. The molecule has 2 aromatic rings. The highest BCUT2D eigenvalue weighted by atomic mass is 32.2. The molecule has 2 rings (SSSR count). The van der Waals surface area contributed by atoms with Crippen LogP contribution in [-0.2, 0) is 10.0 Å². The highest BCUT2D eigenvalue weighted by molar-refractivity contribution is 7.89. The standard InChI is InChI=1S/C15H15FN2O3S/c16-13-7-4-8-14(11-13)22(20,21)18-10-9-17-15(19)12-5-2-1-3-6-12/h1-8,11,18H,9-10H2,(H,17,19). The number of nitrogens with one attached hydrogen (secondary N) is 2. The van der Waals surface area contributed by atoms with Crippen LogP contribution in [0.2, 0.25) is 0 Å². The zero-order valence-corrected chi connectivity index (χ0v) is 12.4. The molecular formula is C15H15FN2O3S. The summed E-state index contributed by atoms with van der Waals surface area (Å²) in [7, 11) is -3.79. The van der Waals surface area contributed by atoms with Gasteiger partial charge >= 0.3 is 0 Å². The van der Waals surface area contributed by atoms with E-state index in [1.807, 2.05) is 0 Å². The van der Waals surface area contributed by atoms with E-state index in [2.05, 4.69) is 10.0 Å². The van der Waals surface area contributed by atoms with Gasteiger partial charge in [-0.3, -0.25) is 4.79 Å². The van der Waals surface area contributed by atoms with Crippen LogP contribution in [0.5, 0.6) is 0 Å². The summed E-state index contributed by atoms with van der Waals surface area (Å²) in [5.74, 6) is -0.911. The molecule has 2 aromatic carbocycles. The Balaban J connectivity index is 1.85. The molecule has 5 nitrogen and oxygen atoms in total. The molecule has 0 saturated heterocycles. The lowest BCUT2D eigenvalue weighted by atomic mass is 10.2. The van der Waals surface area contributed by atoms with Crippen molar-refractivity contribution in [2.45, 2.75) is 4.90 Å². The molecule has 0 fully saturated rings. The third-order valence-corrected chi connectivity index (χ3v) is 4.30. The van der Waals surface area contributed by atoms with Crippen LogP contribution in [0, 0.1) is 5.82 Å². The number of amides is 1. The Labute approximate surface area is 128 Å². The number of hydrogen-bond donors (Lipinski definition) is 2. The summed E-state index contributed by atoms with van der Waals surface area (Å²) in [5, 5.41) is 2.59. The van der Waals surface area contributed by atoms with E-state index in [4.69, 9.17) is 0 Å². The number of carbonyl (C=O) groups is 1. The normalized spacial score (nSPS) is 11.1. The van der Waals surface area contributed by atoms with Gasteiger partial charge in [-0.15, -0.1) is 0 Å². The summed E-state index contributed by atoms with van der Waals surface area (Å²) >= 11 is 0. The molecule has 0 aliphatic heterocycles. The van der Waals surface area contributed by atoms with E-state index in [0.29, 0.717) is 5.56 Å². The SMILES string of the molecule is O=C(NCCNS(=O)(=O)c1cccc(F)c1)c1ccccc1. The summed E-state index contributed by atoms with van der Waals surface area (Å²) in [6.45, 7) is 0.139. The van der Waals surface area contributed by atoms with E-state index in [1.54, 1.807) is 30.3 Å². The van der Waals surface area contributed by atoms with Crippen LogP contribution < -0.4 is 10.0 Å². The Kier molecular flexibility index (Phi) is 5.24. The molecule has 0 aliphatic rings. The van der Waals surface area contributed by atoms with Crippen molar-refractivity contribution >= 4 is 15.9 Å². The number of rotatable bonds is 6. The molecule has 0 saturated carbocycles. The van der Waals surface area contributed by atoms with Gasteiger partial charge in [-0.05, 0) is 30.3 Å². The monoisotopic (exact) mass is 322 g/mol. The minimum absolute atomic E-state index is 0.0113. The minimum atomic E-state index is -3.79. The van der Waals surface area contributed by atoms with Gasteiger partial charge in [0.1, 0.15) is 5.82 Å². The first-order chi connectivity index (χ1) is 10.5. The van der Waals surface area contributed by atoms with Gasteiger partial charge in [-0.2, -0.15) is 0 Å². The second-order valence-corrected chi connectivity index (χ2v) is 6.24. The molecule has 1 amide bonds. The molecule has 2 N–H and O–H groups in total. The van der Waals surface area contributed by atoms with Crippen LogP contribution in [-0.4, -0.2) is 27.4 Å². The Bertz CT molecular complexity index is 748. The first-order valence-corrected chi connectivity index (χ1v) is 8.06. The maximum absolute atomic E-state index is 13.0. The molecule has 22 heavy (non-hydrogen) atoms. The van der Waals surface area contributed by atoms with Crippen molar-refractivity contribution in [3.05, 3.63) is 66.0 Å². The molecule has 0 aromatic heterocycles. The van der Waals surface area contributed by atoms with Crippen molar-refractivity contribution in [1.29, 1.82) is 0 Å². The molecule has 116 valence electrons. The lowest BCUT2D eigenvalue weighted by molar-refractivity contribution is 0.0954. The van der Waals surface area contributed by atoms with Crippen molar-refractivity contribution in [3.8, 4) is 0 Å². The molecular weight excluding hydrogens is 307 g/mol. The fraction of sp³-hybridized carbons (Fsp3) is 0.133. The largest absolute Gasteiger partial charge is 0.351 e. The quantitative estimate of drug-likeness (QED) is 0.792. The Morgan fingerprint density at radius 2 is 1.73 bits per heavy atom. The van der Waals surface area contributed by atoms with E-state index in [0.717, 1.165) is 6.07 Å². The van der Waals surface area contributed by atoms with Crippen molar-refractivity contribution in [1.82, 2.24) is 10.0 Å². The molecule has 0 spiro atoms. The zero-order valence-electron chi connectivity index (χ0n) is 11.6. The average Bonchev–Trinajstić information content (AvgIpc) is 2.52. The zero-order chi connectivity index (χ0) is 16.0. The molecule has 0 unspecified atom stereocenters. The fourth-order valence-corrected chi connectivity index (χ4v) is 2.83. The van der Waals surface area contributed by atoms with Crippen LogP contribution >= 0.6 is 0 Å². The molecule has 0 atom stereocenters. The highest BCUT2D eigenvalue weighted by Crippen LogP contribution is 2.09. The van der Waals surface area contributed by atoms with Gasteiger partial charge in [0.25, 0.3) is 5.91 Å². The lowest BCUT2D eigenvalue weighted by Crippen LogP contribution is -2.34. The van der Waals surface area contributed by atoms with Crippen LogP contribution in [0.1, 0.15) is 10.4 Å². The number of benzene rings is 2. The van der Waals surface area contributed by atoms with Gasteiger partial charge in [0.15, 0.2) is 0 Å². The molecule has 0 aliphatic carbocycles. The van der Waals surface area contributed by atoms with E-state index in [1.165, 1.54) is 18.2 Å². The van der Waals surface area contributed by atoms with Crippen LogP contribution in [0.3, 0.4) is 0 Å². The van der Waals surface area contributed by atoms with Crippen molar-refractivity contribution in [3.63, 3.8) is 0 Å². The highest BCUT2D eigenvalue weighted by Gasteiger charge is 2.14. The number of halogens is 1. The predicted octanol–water partition coefficient (Wildman–Crippen LogP) is 1.53. The molecule has 0 bridgehead atoms. The average molecular weight is 322 g/mol. The lowest BCUT2D eigenvalue weighted by Gasteiger charge is -2.08. The van der Waals surface area contributed by atoms with E-state index >= 15 is 0 Å². The topological polar surface area (TPSA) is 75.3 Å². The fourth-order valence-electron chi connectivity index (χ4n) is 1.77. The second-order valence-electron chi connectivity index (χ2n) is 4.48. The van der Waals surface area contributed by atoms with Gasteiger partial charge in [0.05, 0.1) is 4.90 Å². The van der Waals surface area contributed by atoms with Gasteiger partial charge in [-0.1, -0.05) is 24.3 Å². The number of sulfonamides is 1. The summed E-state index contributed by atoms with van der Waals surface area (Å²) in [4.78, 5) is 11.6. The number of hydrogen-bond acceptors (Lipinski definition) is 3. The van der Waals surface area contributed by atoms with Gasteiger partial charge in [0, 0.05) is 18.7 Å². The Morgan fingerprint density at radius 3 is 2.41 bits per heavy atom. The molecule has 0 heterocycles. The summed E-state index contributed by atoms with van der Waals surface area (Å²) in [6.07, 6.45) is 0. The van der Waals surface area contributed by atoms with Gasteiger partial charge in [0.2, 0.25) is 10.0 Å². The summed E-state index contributed by atoms with van der Waals surface area (Å²) < 4.78 is 39.1. The van der Waals surface area contributed by atoms with Crippen LogP contribution in [0.25, 0.3) is 0 Å². The molecule has 0 radical (unpaired) electrons. The maximum atomic E-state index is 13.0. The molecule has 7 heteroatoms. The van der Waals surface area contributed by atoms with Crippen LogP contribution in [0.4, 0.5) is 4.39 Å². The van der Waals surface area contributed by atoms with Crippen molar-refractivity contribution in [2.75, 3.05) is 13.1 Å². The Hall–Kier alpha value is -2.25. The van der Waals surface area contributed by atoms with E-state index in [9.17, 15) is 17.6 Å². The van der Waals surface area contributed by atoms with Crippen LogP contribution in [0.15, 0.2) is 59.5 Å². The number of carbonyl (C=O) groups excluding carboxylic acids is 1. The predicted molar refractivity (Wildman–Crippen MR) is 80.4 cm³/mol. The van der Waals surface area contributed by atoms with E-state index < -0.39 is 15.8 Å². The first kappa shape index (κ1) is 16.1. The van der Waals surface area contributed by atoms with E-state index in [-0.39, 0.29) is 23.9 Å². The van der Waals surface area contributed by atoms with Gasteiger partial charge < -0.3 is 5.32 Å². The third kappa shape index (κ3) is 4.37. The van der Waals surface area contributed by atoms with Crippen molar-refractivity contribution in [2.24, 2.45) is 0 Å². The second kappa shape index (κ2) is 7.15. The third-order valence-electron chi connectivity index (χ3n) is 2.85. The first-order valence-electron chi connectivity index (χ1n) is 6.57. The Morgan fingerprint density at radius 1 is 1.00 bits per heavy atom.